The van der Waals surface area contributed by atoms with Crippen LogP contribution in [-0.2, 0) is 19.1 Å². The molecule has 2 aliphatic rings. The van der Waals surface area contributed by atoms with Gasteiger partial charge in [-0.3, -0.25) is 32.8 Å². The number of fused-ring (bicyclic) bond motifs is 3. The average Bonchev–Trinajstić information content (AvgIpc) is 1.64. The Morgan fingerprint density at radius 3 is 1.16 bits per heavy atom. The van der Waals surface area contributed by atoms with Crippen molar-refractivity contribution in [3.8, 4) is 51.4 Å². The number of amides is 2. The number of benzene rings is 3. The molecule has 30 nitrogen and oxygen atoms in total. The molecule has 514 valence electrons. The average molecular weight is 1360 g/mol. The number of rotatable bonds is 18. The SMILES string of the molecule is COc1cccn2c(-c3ccnc(Nc4ccc(C(=O)NO)cc4)n3)c(C)nc12.COc1cccn2c(-c3ccnc(Nc4ccc(C(=O)NOC5CCCCO5)cc4)n3)c(C)nc12.COc1cccn2c(-c3ccnc(Nc4ccc(C(=O)O)cc4)n3)c(C)nc12.NOC1CCCCO1. The number of carboxylic acids is 1. The number of hydroxylamine groups is 2. The van der Waals surface area contributed by atoms with Gasteiger partial charge in [-0.2, -0.15) is 0 Å². The molecule has 12 aromatic rings. The molecular formula is C70H72N18O12. The van der Waals surface area contributed by atoms with Gasteiger partial charge in [-0.15, -0.1) is 0 Å². The van der Waals surface area contributed by atoms with Gasteiger partial charge in [0.25, 0.3) is 11.8 Å². The molecule has 30 heteroatoms. The Kier molecular flexibility index (Phi) is 22.7. The summed E-state index contributed by atoms with van der Waals surface area (Å²) in [6.45, 7) is 7.21. The minimum absolute atomic E-state index is 0.135. The van der Waals surface area contributed by atoms with Gasteiger partial charge in [-0.05, 0) is 174 Å². The number of hydrogen-bond acceptors (Lipinski definition) is 24. The molecule has 0 radical (unpaired) electrons. The number of aryl methyl sites for hydroxylation is 3. The van der Waals surface area contributed by atoms with E-state index in [2.05, 4.69) is 71.1 Å². The van der Waals surface area contributed by atoms with Gasteiger partial charge in [0.05, 0.1) is 78.1 Å². The van der Waals surface area contributed by atoms with Crippen molar-refractivity contribution in [3.63, 3.8) is 0 Å². The third kappa shape index (κ3) is 16.7. The van der Waals surface area contributed by atoms with E-state index < -0.39 is 18.2 Å². The van der Waals surface area contributed by atoms with Crippen molar-refractivity contribution in [1.29, 1.82) is 0 Å². The lowest BCUT2D eigenvalue weighted by molar-refractivity contribution is -0.186. The zero-order chi connectivity index (χ0) is 70.1. The largest absolute Gasteiger partial charge is 0.493 e. The summed E-state index contributed by atoms with van der Waals surface area (Å²) in [6.07, 6.45) is 16.3. The molecule has 100 heavy (non-hydrogen) atoms. The Morgan fingerprint density at radius 2 is 0.840 bits per heavy atom. The molecule has 11 heterocycles. The molecule has 0 aliphatic carbocycles. The van der Waals surface area contributed by atoms with Crippen molar-refractivity contribution in [2.24, 2.45) is 5.90 Å². The molecule has 0 saturated carbocycles. The zero-order valence-electron chi connectivity index (χ0n) is 55.3. The number of aromatic nitrogens is 12. The Hall–Kier alpha value is -12.1. The number of nitrogens with zero attached hydrogens (tertiary/aromatic N) is 12. The minimum Gasteiger partial charge on any atom is -0.493 e. The van der Waals surface area contributed by atoms with Crippen LogP contribution in [0.25, 0.3) is 51.1 Å². The van der Waals surface area contributed by atoms with E-state index in [9.17, 15) is 14.4 Å². The fourth-order valence-corrected chi connectivity index (χ4v) is 10.9. The smallest absolute Gasteiger partial charge is 0.335 e. The summed E-state index contributed by atoms with van der Waals surface area (Å²) in [5.74, 6) is 6.29. The van der Waals surface area contributed by atoms with Crippen LogP contribution in [0.5, 0.6) is 17.2 Å². The molecule has 2 saturated heterocycles. The van der Waals surface area contributed by atoms with Crippen LogP contribution < -0.4 is 47.0 Å². The number of aromatic carboxylic acids is 1. The number of carboxylic acid groups (broad SMARTS) is 1. The number of anilines is 6. The number of nitrogens with two attached hydrogens (primary N) is 1. The van der Waals surface area contributed by atoms with Gasteiger partial charge in [0, 0.05) is 91.4 Å². The third-order valence-corrected chi connectivity index (χ3v) is 15.7. The third-order valence-electron chi connectivity index (χ3n) is 15.7. The number of ether oxygens (including phenoxy) is 5. The van der Waals surface area contributed by atoms with Gasteiger partial charge < -0.3 is 44.7 Å². The molecule has 2 amide bonds. The maximum absolute atomic E-state index is 12.4. The molecule has 2 unspecified atom stereocenters. The van der Waals surface area contributed by atoms with Crippen molar-refractivity contribution in [2.75, 3.05) is 50.5 Å². The fourth-order valence-electron chi connectivity index (χ4n) is 10.9. The highest BCUT2D eigenvalue weighted by Gasteiger charge is 2.21. The number of carbonyl (C=O) groups excluding carboxylic acids is 2. The number of imidazole rings is 3. The summed E-state index contributed by atoms with van der Waals surface area (Å²) in [6, 6.07) is 36.7. The molecule has 0 spiro atoms. The maximum Gasteiger partial charge on any atom is 0.335 e. The summed E-state index contributed by atoms with van der Waals surface area (Å²) in [5.41, 5.74) is 16.5. The van der Waals surface area contributed by atoms with Crippen molar-refractivity contribution >= 4 is 69.6 Å². The van der Waals surface area contributed by atoms with E-state index in [1.165, 1.54) is 18.6 Å². The first-order chi connectivity index (χ1) is 48.7. The fraction of sp³-hybridized carbons (Fsp3) is 0.229. The summed E-state index contributed by atoms with van der Waals surface area (Å²) in [5, 5.41) is 27.1. The van der Waals surface area contributed by atoms with Gasteiger partial charge in [0.1, 0.15) is 0 Å². The van der Waals surface area contributed by atoms with E-state index >= 15 is 0 Å². The van der Waals surface area contributed by atoms with Crippen molar-refractivity contribution in [3.05, 3.63) is 198 Å². The molecule has 2 atom stereocenters. The van der Waals surface area contributed by atoms with Gasteiger partial charge in [0.15, 0.2) is 46.8 Å². The van der Waals surface area contributed by atoms with Gasteiger partial charge in [0.2, 0.25) is 17.8 Å². The topological polar surface area (TPSA) is 372 Å². The van der Waals surface area contributed by atoms with Crippen LogP contribution in [-0.4, -0.2) is 133 Å². The van der Waals surface area contributed by atoms with Crippen LogP contribution in [0.15, 0.2) is 165 Å². The second-order valence-electron chi connectivity index (χ2n) is 22.4. The van der Waals surface area contributed by atoms with Crippen LogP contribution in [0.1, 0.15) is 86.7 Å². The highest BCUT2D eigenvalue weighted by atomic mass is 16.8. The normalized spacial score (nSPS) is 14.0. The monoisotopic (exact) mass is 1360 g/mol. The number of hydrogen-bond donors (Lipinski definition) is 8. The molecule has 9 N–H and O–H groups in total. The summed E-state index contributed by atoms with van der Waals surface area (Å²) in [4.78, 5) is 85.2. The Bertz CT molecular complexity index is 4790. The molecule has 3 aromatic carbocycles. The van der Waals surface area contributed by atoms with Crippen molar-refractivity contribution in [1.82, 2.24) is 69.0 Å². The number of carbonyl (C=O) groups is 3. The Labute approximate surface area is 572 Å². The first-order valence-electron chi connectivity index (χ1n) is 31.6. The lowest BCUT2D eigenvalue weighted by Gasteiger charge is -2.22. The zero-order valence-corrected chi connectivity index (χ0v) is 55.3. The summed E-state index contributed by atoms with van der Waals surface area (Å²) >= 11 is 0. The van der Waals surface area contributed by atoms with Crippen molar-refractivity contribution in [2.45, 2.75) is 71.9 Å². The Morgan fingerprint density at radius 1 is 0.480 bits per heavy atom. The maximum atomic E-state index is 12.4. The predicted molar refractivity (Wildman–Crippen MR) is 369 cm³/mol. The lowest BCUT2D eigenvalue weighted by Crippen LogP contribution is -2.33. The van der Waals surface area contributed by atoms with Crippen LogP contribution in [0, 0.1) is 20.8 Å². The van der Waals surface area contributed by atoms with Gasteiger partial charge in [-0.25, -0.2) is 71.3 Å². The quantitative estimate of drug-likeness (QED) is 0.0292. The highest BCUT2D eigenvalue weighted by Crippen LogP contribution is 2.32. The number of nitrogens with one attached hydrogen (secondary N) is 5. The summed E-state index contributed by atoms with van der Waals surface area (Å²) in [7, 11) is 4.85. The molecule has 0 bridgehead atoms. The highest BCUT2D eigenvalue weighted by molar-refractivity contribution is 5.94. The molecule has 9 aromatic heterocycles. The van der Waals surface area contributed by atoms with Gasteiger partial charge in [-0.1, -0.05) is 0 Å². The van der Waals surface area contributed by atoms with E-state index in [-0.39, 0.29) is 17.8 Å². The van der Waals surface area contributed by atoms with Crippen LogP contribution in [0.2, 0.25) is 0 Å². The van der Waals surface area contributed by atoms with Crippen LogP contribution >= 0.6 is 0 Å². The molecule has 2 fully saturated rings. The second kappa shape index (κ2) is 32.8. The molecule has 14 rings (SSSR count). The molecule has 2 aliphatic heterocycles. The molecular weight excluding hydrogens is 1280 g/mol. The lowest BCUT2D eigenvalue weighted by atomic mass is 10.2. The Balaban J connectivity index is 0.000000144. The number of methoxy groups -OCH3 is 3. The first-order valence-corrected chi connectivity index (χ1v) is 31.6. The van der Waals surface area contributed by atoms with E-state index in [0.717, 1.165) is 95.6 Å². The van der Waals surface area contributed by atoms with E-state index in [0.29, 0.717) is 81.2 Å². The van der Waals surface area contributed by atoms with Crippen LogP contribution in [0.4, 0.5) is 34.9 Å². The standard InChI is InChI=1S/C25H26N6O4.C20H18N6O3.C20H17N5O3.C5H11NO2/c1-16-22(31-14-5-6-20(33-2)23(31)27-16)19-12-13-26-25(29-19)28-18-10-8-17(9-11-18)24(32)30-35-21-7-3-4-15-34-21;1-12-17(26-11-3-4-16(29-2)18(26)22-12)15-9-10-21-20(24-15)23-14-7-5-13(6-8-14)19(27)25-28;1-12-17(25-11-3-4-16(28-2)18(25)22-12)15-9-10-21-20(24-15)23-14-7-5-13(6-8-14)19(26)27;6-8-5-3-1-2-4-7-5/h5-6,8-14,21H,3-4,7,15H2,1-2H3,(H,30,32)(H,26,28,29);3-11,28H,1-2H3,(H,25,27)(H,21,23,24);3-11H,1-2H3,(H,26,27)(H,21,23,24);5H,1-4,6H2. The van der Waals surface area contributed by atoms with Gasteiger partial charge >= 0.3 is 5.97 Å². The van der Waals surface area contributed by atoms with E-state index in [1.54, 1.807) is 106 Å². The van der Waals surface area contributed by atoms with E-state index in [4.69, 9.17) is 44.7 Å². The first kappa shape index (κ1) is 69.3. The summed E-state index contributed by atoms with van der Waals surface area (Å²) < 4.78 is 32.6. The number of pyridine rings is 3. The second-order valence-corrected chi connectivity index (χ2v) is 22.4. The van der Waals surface area contributed by atoms with Crippen LogP contribution in [0.3, 0.4) is 0 Å². The predicted octanol–water partition coefficient (Wildman–Crippen LogP) is 11.0. The van der Waals surface area contributed by atoms with Crippen molar-refractivity contribution < 1.29 is 58.1 Å². The van der Waals surface area contributed by atoms with E-state index in [1.807, 2.05) is 107 Å². The minimum atomic E-state index is -0.969.